The van der Waals surface area contributed by atoms with Gasteiger partial charge in [-0.05, 0) is 12.0 Å². The number of nitrogens with zero attached hydrogens (tertiary/aromatic N) is 3. The minimum atomic E-state index is -0.610. The summed E-state index contributed by atoms with van der Waals surface area (Å²) in [5.41, 5.74) is 5.02. The van der Waals surface area contributed by atoms with E-state index < -0.39 is 4.92 Å². The number of hydrogen-bond acceptors (Lipinski definition) is 6. The maximum absolute atomic E-state index is 10.9. The van der Waals surface area contributed by atoms with E-state index in [9.17, 15) is 10.1 Å². The van der Waals surface area contributed by atoms with Crippen molar-refractivity contribution in [2.75, 3.05) is 0 Å². The molecule has 0 aliphatic heterocycles. The zero-order chi connectivity index (χ0) is 14.6. The molecule has 104 valence electrons. The molecule has 1 atom stereocenters. The quantitative estimate of drug-likeness (QED) is 0.214. The van der Waals surface area contributed by atoms with Crippen molar-refractivity contribution in [2.24, 2.45) is 16.8 Å². The van der Waals surface area contributed by atoms with E-state index in [1.807, 2.05) is 6.92 Å². The van der Waals surface area contributed by atoms with Crippen molar-refractivity contribution >= 4 is 23.3 Å². The second-order valence-electron chi connectivity index (χ2n) is 4.33. The fourth-order valence-corrected chi connectivity index (χ4v) is 2.15. The monoisotopic (exact) mass is 284 g/mol. The van der Waals surface area contributed by atoms with Crippen molar-refractivity contribution in [3.63, 3.8) is 0 Å². The SMILES string of the molecule is CC(C)C(C)Sc1ccc([N+](=O)[O-])c(/C(N)=N/O)n1. The van der Waals surface area contributed by atoms with Crippen LogP contribution in [0.4, 0.5) is 5.69 Å². The number of thioether (sulfide) groups is 1. The molecule has 0 aromatic carbocycles. The first kappa shape index (κ1) is 15.2. The lowest BCUT2D eigenvalue weighted by atomic mass is 10.2. The van der Waals surface area contributed by atoms with Gasteiger partial charge in [-0.1, -0.05) is 25.9 Å². The van der Waals surface area contributed by atoms with Crippen LogP contribution >= 0.6 is 11.8 Å². The molecular formula is C11H16N4O3S. The van der Waals surface area contributed by atoms with E-state index in [1.54, 1.807) is 6.07 Å². The topological polar surface area (TPSA) is 115 Å². The molecule has 3 N–H and O–H groups in total. The molecule has 1 unspecified atom stereocenters. The van der Waals surface area contributed by atoms with Gasteiger partial charge in [-0.3, -0.25) is 10.1 Å². The minimum absolute atomic E-state index is 0.117. The van der Waals surface area contributed by atoms with Crippen molar-refractivity contribution in [1.29, 1.82) is 0 Å². The van der Waals surface area contributed by atoms with Crippen LogP contribution in [-0.2, 0) is 0 Å². The van der Waals surface area contributed by atoms with Gasteiger partial charge >= 0.3 is 0 Å². The molecule has 0 radical (unpaired) electrons. The Kier molecular flexibility index (Phi) is 5.11. The maximum Gasteiger partial charge on any atom is 0.298 e. The van der Waals surface area contributed by atoms with Crippen LogP contribution in [0.5, 0.6) is 0 Å². The van der Waals surface area contributed by atoms with E-state index in [4.69, 9.17) is 10.9 Å². The summed E-state index contributed by atoms with van der Waals surface area (Å²) >= 11 is 1.49. The molecule has 0 saturated heterocycles. The Bertz CT molecular complexity index is 505. The van der Waals surface area contributed by atoms with E-state index in [0.29, 0.717) is 16.2 Å². The number of rotatable bonds is 5. The number of pyridine rings is 1. The number of nitrogens with two attached hydrogens (primary N) is 1. The second kappa shape index (κ2) is 6.37. The summed E-state index contributed by atoms with van der Waals surface area (Å²) in [5.74, 6) is 0.0700. The molecule has 0 fully saturated rings. The highest BCUT2D eigenvalue weighted by atomic mass is 32.2. The number of hydrogen-bond donors (Lipinski definition) is 2. The number of aromatic nitrogens is 1. The molecule has 8 heteroatoms. The molecule has 0 saturated carbocycles. The summed E-state index contributed by atoms with van der Waals surface area (Å²) in [6.45, 7) is 6.20. The van der Waals surface area contributed by atoms with Crippen molar-refractivity contribution in [3.05, 3.63) is 27.9 Å². The summed E-state index contributed by atoms with van der Waals surface area (Å²) in [5, 5.41) is 23.2. The standard InChI is InChI=1S/C11H16N4O3S/c1-6(2)7(3)19-9-5-4-8(15(17)18)10(13-9)11(12)14-16/h4-7,16H,1-3H3,(H2,12,14). The van der Waals surface area contributed by atoms with Gasteiger partial charge in [-0.2, -0.15) is 0 Å². The molecular weight excluding hydrogens is 268 g/mol. The molecule has 0 aliphatic rings. The van der Waals surface area contributed by atoms with Crippen LogP contribution in [-0.4, -0.2) is 26.2 Å². The average molecular weight is 284 g/mol. The van der Waals surface area contributed by atoms with Gasteiger partial charge in [0.2, 0.25) is 0 Å². The Labute approximate surface area is 115 Å². The number of amidine groups is 1. The molecule has 1 aromatic rings. The first-order valence-corrected chi connectivity index (χ1v) is 6.54. The molecule has 1 rings (SSSR count). The van der Waals surface area contributed by atoms with Gasteiger partial charge < -0.3 is 10.9 Å². The smallest absolute Gasteiger partial charge is 0.298 e. The largest absolute Gasteiger partial charge is 0.409 e. The molecule has 0 amide bonds. The summed E-state index contributed by atoms with van der Waals surface area (Å²) in [6.07, 6.45) is 0. The van der Waals surface area contributed by atoms with Gasteiger partial charge in [0, 0.05) is 11.3 Å². The van der Waals surface area contributed by atoms with E-state index in [0.717, 1.165) is 0 Å². The Morgan fingerprint density at radius 3 is 2.63 bits per heavy atom. The number of oxime groups is 1. The third kappa shape index (κ3) is 3.82. The predicted octanol–water partition coefficient (Wildman–Crippen LogP) is 2.22. The number of nitro groups is 1. The van der Waals surface area contributed by atoms with E-state index in [2.05, 4.69) is 24.0 Å². The molecule has 0 bridgehead atoms. The fraction of sp³-hybridized carbons (Fsp3) is 0.455. The molecule has 1 aromatic heterocycles. The van der Waals surface area contributed by atoms with Crippen LogP contribution in [0.25, 0.3) is 0 Å². The van der Waals surface area contributed by atoms with Gasteiger partial charge in [0.15, 0.2) is 11.5 Å². The summed E-state index contributed by atoms with van der Waals surface area (Å²) < 4.78 is 0. The second-order valence-corrected chi connectivity index (χ2v) is 5.72. The van der Waals surface area contributed by atoms with Crippen LogP contribution in [0.1, 0.15) is 26.5 Å². The lowest BCUT2D eigenvalue weighted by Crippen LogP contribution is -2.17. The van der Waals surface area contributed by atoms with Crippen LogP contribution in [0, 0.1) is 16.0 Å². The third-order valence-corrected chi connectivity index (χ3v) is 4.03. The van der Waals surface area contributed by atoms with E-state index in [1.165, 1.54) is 17.8 Å². The summed E-state index contributed by atoms with van der Waals surface area (Å²) in [4.78, 5) is 14.3. The van der Waals surface area contributed by atoms with Gasteiger partial charge in [0.05, 0.1) is 9.95 Å². The van der Waals surface area contributed by atoms with Gasteiger partial charge in [-0.15, -0.1) is 11.8 Å². The zero-order valence-electron chi connectivity index (χ0n) is 10.9. The van der Waals surface area contributed by atoms with Crippen LogP contribution in [0.15, 0.2) is 22.3 Å². The summed E-state index contributed by atoms with van der Waals surface area (Å²) in [7, 11) is 0. The normalized spacial score (nSPS) is 13.6. The maximum atomic E-state index is 10.9. The zero-order valence-corrected chi connectivity index (χ0v) is 11.7. The van der Waals surface area contributed by atoms with Crippen molar-refractivity contribution in [1.82, 2.24) is 4.98 Å². The van der Waals surface area contributed by atoms with Crippen molar-refractivity contribution in [3.8, 4) is 0 Å². The molecule has 19 heavy (non-hydrogen) atoms. The van der Waals surface area contributed by atoms with Crippen LogP contribution < -0.4 is 5.73 Å². The first-order valence-electron chi connectivity index (χ1n) is 5.66. The molecule has 0 aliphatic carbocycles. The van der Waals surface area contributed by atoms with Gasteiger partial charge in [0.25, 0.3) is 5.69 Å². The van der Waals surface area contributed by atoms with Gasteiger partial charge in [0.1, 0.15) is 0 Å². The Hall–Kier alpha value is -1.83. The van der Waals surface area contributed by atoms with Crippen LogP contribution in [0.2, 0.25) is 0 Å². The highest BCUT2D eigenvalue weighted by molar-refractivity contribution is 7.99. The Morgan fingerprint density at radius 1 is 1.53 bits per heavy atom. The van der Waals surface area contributed by atoms with Crippen LogP contribution in [0.3, 0.4) is 0 Å². The predicted molar refractivity (Wildman–Crippen MR) is 73.6 cm³/mol. The first-order chi connectivity index (χ1) is 8.86. The lowest BCUT2D eigenvalue weighted by molar-refractivity contribution is -0.385. The Balaban J connectivity index is 3.15. The highest BCUT2D eigenvalue weighted by Crippen LogP contribution is 2.28. The lowest BCUT2D eigenvalue weighted by Gasteiger charge is -2.14. The third-order valence-electron chi connectivity index (χ3n) is 2.64. The van der Waals surface area contributed by atoms with Crippen molar-refractivity contribution < 1.29 is 10.1 Å². The average Bonchev–Trinajstić information content (AvgIpc) is 2.37. The van der Waals surface area contributed by atoms with E-state index in [-0.39, 0.29) is 17.2 Å². The highest BCUT2D eigenvalue weighted by Gasteiger charge is 2.21. The van der Waals surface area contributed by atoms with Crippen molar-refractivity contribution in [2.45, 2.75) is 31.0 Å². The van der Waals surface area contributed by atoms with Gasteiger partial charge in [-0.25, -0.2) is 4.98 Å². The Morgan fingerprint density at radius 2 is 2.16 bits per heavy atom. The molecule has 7 nitrogen and oxygen atoms in total. The van der Waals surface area contributed by atoms with E-state index >= 15 is 0 Å². The minimum Gasteiger partial charge on any atom is -0.409 e. The summed E-state index contributed by atoms with van der Waals surface area (Å²) in [6, 6.07) is 2.88. The molecule has 1 heterocycles. The fourth-order valence-electron chi connectivity index (χ4n) is 1.21. The molecule has 0 spiro atoms.